The van der Waals surface area contributed by atoms with Crippen LogP contribution in [0.15, 0.2) is 32.1 Å². The maximum Gasteiger partial charge on any atom is 0.240 e. The third kappa shape index (κ3) is 3.08. The highest BCUT2D eigenvalue weighted by Crippen LogP contribution is 2.20. The van der Waals surface area contributed by atoms with E-state index < -0.39 is 15.8 Å². The van der Waals surface area contributed by atoms with E-state index in [-0.39, 0.29) is 15.9 Å². The van der Waals surface area contributed by atoms with Gasteiger partial charge in [0.15, 0.2) is 0 Å². The molecular weight excluding hydrogens is 351 g/mol. The van der Waals surface area contributed by atoms with Crippen molar-refractivity contribution in [2.24, 2.45) is 0 Å². The second-order valence-electron chi connectivity index (χ2n) is 4.20. The first-order valence-corrected chi connectivity index (χ1v) is 7.95. The average molecular weight is 363 g/mol. The van der Waals surface area contributed by atoms with E-state index >= 15 is 0 Å². The van der Waals surface area contributed by atoms with Gasteiger partial charge in [0.1, 0.15) is 11.6 Å². The van der Waals surface area contributed by atoms with Crippen molar-refractivity contribution in [2.75, 3.05) is 0 Å². The van der Waals surface area contributed by atoms with Gasteiger partial charge in [0.25, 0.3) is 0 Å². The number of benzene rings is 1. The van der Waals surface area contributed by atoms with E-state index in [0.717, 1.165) is 6.07 Å². The van der Waals surface area contributed by atoms with E-state index in [1.165, 1.54) is 12.1 Å². The zero-order chi connectivity index (χ0) is 14.9. The number of aromatic nitrogens is 1. The fourth-order valence-corrected chi connectivity index (χ4v) is 2.90. The van der Waals surface area contributed by atoms with Crippen LogP contribution < -0.4 is 4.72 Å². The molecule has 1 aromatic heterocycles. The highest BCUT2D eigenvalue weighted by atomic mass is 79.9. The molecule has 0 aliphatic heterocycles. The van der Waals surface area contributed by atoms with Gasteiger partial charge in [-0.3, -0.25) is 0 Å². The molecule has 20 heavy (non-hydrogen) atoms. The largest absolute Gasteiger partial charge is 0.361 e. The molecule has 2 rings (SSSR count). The van der Waals surface area contributed by atoms with E-state index in [0.29, 0.717) is 17.0 Å². The maximum atomic E-state index is 13.4. The van der Waals surface area contributed by atoms with E-state index in [1.807, 2.05) is 0 Å². The summed E-state index contributed by atoms with van der Waals surface area (Å²) in [5.74, 6) is -0.0857. The Morgan fingerprint density at radius 1 is 1.40 bits per heavy atom. The number of hydrogen-bond acceptors (Lipinski definition) is 4. The molecular formula is C12H12BrFN2O3S. The smallest absolute Gasteiger partial charge is 0.240 e. The van der Waals surface area contributed by atoms with Gasteiger partial charge >= 0.3 is 0 Å². The third-order valence-corrected chi connectivity index (χ3v) is 4.86. The van der Waals surface area contributed by atoms with E-state index in [4.69, 9.17) is 4.52 Å². The fourth-order valence-electron chi connectivity index (χ4n) is 1.65. The second-order valence-corrected chi connectivity index (χ2v) is 6.82. The van der Waals surface area contributed by atoms with Gasteiger partial charge in [0.2, 0.25) is 10.0 Å². The number of halogens is 2. The summed E-state index contributed by atoms with van der Waals surface area (Å²) in [4.78, 5) is -0.134. The predicted molar refractivity (Wildman–Crippen MR) is 74.1 cm³/mol. The van der Waals surface area contributed by atoms with Crippen molar-refractivity contribution in [1.29, 1.82) is 0 Å². The van der Waals surface area contributed by atoms with Gasteiger partial charge < -0.3 is 4.52 Å². The molecule has 108 valence electrons. The topological polar surface area (TPSA) is 72.2 Å². The van der Waals surface area contributed by atoms with Gasteiger partial charge in [0.05, 0.1) is 15.1 Å². The van der Waals surface area contributed by atoms with E-state index in [2.05, 4.69) is 25.8 Å². The minimum absolute atomic E-state index is 0.0428. The summed E-state index contributed by atoms with van der Waals surface area (Å²) in [5.41, 5.74) is 1.29. The molecule has 5 nitrogen and oxygen atoms in total. The Kier molecular flexibility index (Phi) is 4.26. The van der Waals surface area contributed by atoms with Crippen molar-refractivity contribution >= 4 is 26.0 Å². The standard InChI is InChI=1S/C12H12BrFN2O3S/c1-7-10(8(2)19-16-7)6-15-20(17,18)9-3-4-11(13)12(14)5-9/h3-5,15H,6H2,1-2H3. The highest BCUT2D eigenvalue weighted by Gasteiger charge is 2.18. The zero-order valence-corrected chi connectivity index (χ0v) is 13.2. The van der Waals surface area contributed by atoms with Crippen molar-refractivity contribution in [3.63, 3.8) is 0 Å². The van der Waals surface area contributed by atoms with Gasteiger partial charge in [-0.05, 0) is 48.0 Å². The zero-order valence-electron chi connectivity index (χ0n) is 10.8. The van der Waals surface area contributed by atoms with Crippen molar-refractivity contribution in [3.05, 3.63) is 45.5 Å². The van der Waals surface area contributed by atoms with Crippen LogP contribution in [0, 0.1) is 19.7 Å². The number of rotatable bonds is 4. The normalized spacial score (nSPS) is 11.8. The second kappa shape index (κ2) is 5.63. The fraction of sp³-hybridized carbons (Fsp3) is 0.250. The first-order valence-electron chi connectivity index (χ1n) is 5.67. The minimum Gasteiger partial charge on any atom is -0.361 e. The van der Waals surface area contributed by atoms with Gasteiger partial charge in [-0.1, -0.05) is 5.16 Å². The molecule has 1 aromatic carbocycles. The summed E-state index contributed by atoms with van der Waals surface area (Å²) >= 11 is 2.97. The Balaban J connectivity index is 2.21. The Morgan fingerprint density at radius 3 is 2.65 bits per heavy atom. The molecule has 0 atom stereocenters. The summed E-state index contributed by atoms with van der Waals surface area (Å²) in [5, 5.41) is 3.74. The number of nitrogens with zero attached hydrogens (tertiary/aromatic N) is 1. The first kappa shape index (κ1) is 15.1. The highest BCUT2D eigenvalue weighted by molar-refractivity contribution is 9.10. The summed E-state index contributed by atoms with van der Waals surface area (Å²) in [6, 6.07) is 3.63. The van der Waals surface area contributed by atoms with Crippen LogP contribution in [-0.2, 0) is 16.6 Å². The SMILES string of the molecule is Cc1noc(C)c1CNS(=O)(=O)c1ccc(Br)c(F)c1. The minimum atomic E-state index is -3.79. The van der Waals surface area contributed by atoms with Crippen LogP contribution in [0.25, 0.3) is 0 Å². The molecule has 0 aliphatic carbocycles. The quantitative estimate of drug-likeness (QED) is 0.907. The molecule has 0 saturated carbocycles. The summed E-state index contributed by atoms with van der Waals surface area (Å²) in [6.07, 6.45) is 0. The number of nitrogens with one attached hydrogen (secondary N) is 1. The van der Waals surface area contributed by atoms with Crippen LogP contribution in [0.2, 0.25) is 0 Å². The molecule has 8 heteroatoms. The van der Waals surface area contributed by atoms with Crippen molar-refractivity contribution in [2.45, 2.75) is 25.3 Å². The molecule has 0 bridgehead atoms. The van der Waals surface area contributed by atoms with Gasteiger partial charge in [0, 0.05) is 12.1 Å². The molecule has 1 N–H and O–H groups in total. The first-order chi connectivity index (χ1) is 9.31. The van der Waals surface area contributed by atoms with Crippen LogP contribution in [-0.4, -0.2) is 13.6 Å². The summed E-state index contributed by atoms with van der Waals surface area (Å²) in [7, 11) is -3.79. The number of sulfonamides is 1. The Bertz CT molecular complexity index is 724. The lowest BCUT2D eigenvalue weighted by Crippen LogP contribution is -2.23. The molecule has 0 saturated heterocycles. The Morgan fingerprint density at radius 2 is 2.10 bits per heavy atom. The number of hydrogen-bond donors (Lipinski definition) is 1. The third-order valence-electron chi connectivity index (χ3n) is 2.82. The van der Waals surface area contributed by atoms with Crippen molar-refractivity contribution in [1.82, 2.24) is 9.88 Å². The van der Waals surface area contributed by atoms with Crippen LogP contribution >= 0.6 is 15.9 Å². The molecule has 0 spiro atoms. The van der Waals surface area contributed by atoms with Gasteiger partial charge in [-0.25, -0.2) is 17.5 Å². The van der Waals surface area contributed by atoms with Crippen LogP contribution in [0.5, 0.6) is 0 Å². The van der Waals surface area contributed by atoms with Crippen molar-refractivity contribution in [3.8, 4) is 0 Å². The van der Waals surface area contributed by atoms with E-state index in [1.54, 1.807) is 13.8 Å². The monoisotopic (exact) mass is 362 g/mol. The summed E-state index contributed by atoms with van der Waals surface area (Å²) in [6.45, 7) is 3.46. The lowest BCUT2D eigenvalue weighted by molar-refractivity contribution is 0.392. The molecule has 0 aliphatic rings. The lowest BCUT2D eigenvalue weighted by Gasteiger charge is -2.07. The van der Waals surface area contributed by atoms with Gasteiger partial charge in [-0.15, -0.1) is 0 Å². The van der Waals surface area contributed by atoms with Crippen LogP contribution in [0.4, 0.5) is 4.39 Å². The van der Waals surface area contributed by atoms with Crippen LogP contribution in [0.3, 0.4) is 0 Å². The molecule has 0 amide bonds. The molecule has 1 heterocycles. The Labute approximate surface area is 124 Å². The van der Waals surface area contributed by atoms with Crippen molar-refractivity contribution < 1.29 is 17.3 Å². The predicted octanol–water partition coefficient (Wildman–Crippen LogP) is 2.67. The molecule has 0 radical (unpaired) electrons. The summed E-state index contributed by atoms with van der Waals surface area (Å²) < 4.78 is 45.1. The van der Waals surface area contributed by atoms with E-state index in [9.17, 15) is 12.8 Å². The number of aryl methyl sites for hydroxylation is 2. The maximum absolute atomic E-state index is 13.4. The lowest BCUT2D eigenvalue weighted by atomic mass is 10.2. The molecule has 0 fully saturated rings. The van der Waals surface area contributed by atoms with Crippen LogP contribution in [0.1, 0.15) is 17.0 Å². The van der Waals surface area contributed by atoms with Gasteiger partial charge in [-0.2, -0.15) is 0 Å². The molecule has 0 unspecified atom stereocenters. The molecule has 2 aromatic rings. The Hall–Kier alpha value is -1.25. The average Bonchev–Trinajstić information content (AvgIpc) is 2.70.